The predicted octanol–water partition coefficient (Wildman–Crippen LogP) is 2.33. The first kappa shape index (κ1) is 18.0. The number of hydrogen-bond donors (Lipinski definition) is 0. The summed E-state index contributed by atoms with van der Waals surface area (Å²) in [6.45, 7) is 2.72. The molecule has 4 fully saturated rings. The minimum Gasteiger partial charge on any atom is -0.469 e. The van der Waals surface area contributed by atoms with Crippen molar-refractivity contribution in [1.29, 1.82) is 0 Å². The fourth-order valence-corrected chi connectivity index (χ4v) is 6.05. The van der Waals surface area contributed by atoms with E-state index < -0.39 is 17.7 Å². The molecule has 156 valence electrons. The molecule has 0 spiro atoms. The summed E-state index contributed by atoms with van der Waals surface area (Å²) in [7, 11) is 0. The predicted molar refractivity (Wildman–Crippen MR) is 110 cm³/mol. The van der Waals surface area contributed by atoms with E-state index in [-0.39, 0.29) is 24.3 Å². The van der Waals surface area contributed by atoms with E-state index in [2.05, 4.69) is 28.5 Å². The highest BCUT2D eigenvalue weighted by Gasteiger charge is 2.82. The lowest BCUT2D eigenvalue weighted by atomic mass is 9.89. The molecule has 7 rings (SSSR count). The number of hydroxylamine groups is 2. The summed E-state index contributed by atoms with van der Waals surface area (Å²) >= 11 is 1.74. The molecule has 6 unspecified atom stereocenters. The van der Waals surface area contributed by atoms with Gasteiger partial charge in [-0.15, -0.1) is 16.8 Å². The van der Waals surface area contributed by atoms with Crippen molar-refractivity contribution in [2.45, 2.75) is 35.1 Å². The molecule has 8 heteroatoms. The topological polar surface area (TPSA) is 55.7 Å². The van der Waals surface area contributed by atoms with Gasteiger partial charge in [0, 0.05) is 18.7 Å². The molecular formula is C22H22N2O5S. The Balaban J connectivity index is 1.33. The monoisotopic (exact) mass is 426 g/mol. The van der Waals surface area contributed by atoms with Crippen molar-refractivity contribution in [3.8, 4) is 5.75 Å². The van der Waals surface area contributed by atoms with Gasteiger partial charge < -0.3 is 18.9 Å². The highest BCUT2D eigenvalue weighted by molar-refractivity contribution is 8.03. The second kappa shape index (κ2) is 6.43. The van der Waals surface area contributed by atoms with Crippen LogP contribution >= 0.6 is 11.8 Å². The molecule has 6 aliphatic rings. The summed E-state index contributed by atoms with van der Waals surface area (Å²) in [6, 6.07) is 8.01. The van der Waals surface area contributed by atoms with Crippen LogP contribution in [-0.4, -0.2) is 71.6 Å². The summed E-state index contributed by atoms with van der Waals surface area (Å²) in [6.07, 6.45) is 9.56. The van der Waals surface area contributed by atoms with E-state index in [4.69, 9.17) is 23.8 Å². The Bertz CT molecular complexity index is 961. The highest BCUT2D eigenvalue weighted by Crippen LogP contribution is 2.59. The van der Waals surface area contributed by atoms with Crippen LogP contribution in [0.5, 0.6) is 5.75 Å². The van der Waals surface area contributed by atoms with Crippen molar-refractivity contribution >= 4 is 17.8 Å². The maximum atomic E-state index is 6.71. The molecule has 6 heterocycles. The van der Waals surface area contributed by atoms with Crippen LogP contribution in [0.2, 0.25) is 0 Å². The van der Waals surface area contributed by atoms with E-state index in [1.54, 1.807) is 11.8 Å². The molecule has 1 aromatic rings. The number of para-hydroxylation sites is 1. The molecule has 30 heavy (non-hydrogen) atoms. The maximum absolute atomic E-state index is 6.71. The fraction of sp³-hybridized carbons (Fsp3) is 0.455. The normalized spacial score (nSPS) is 44.0. The molecule has 1 aromatic carbocycles. The van der Waals surface area contributed by atoms with Crippen LogP contribution in [0.3, 0.4) is 0 Å². The third-order valence-corrected chi connectivity index (χ3v) is 7.59. The Kier molecular flexibility index (Phi) is 3.85. The molecule has 0 saturated carbocycles. The molecule has 0 aromatic heterocycles. The molecular weight excluding hydrogens is 404 g/mol. The van der Waals surface area contributed by atoms with Gasteiger partial charge in [-0.05, 0) is 17.6 Å². The zero-order valence-corrected chi connectivity index (χ0v) is 17.1. The fourth-order valence-electron chi connectivity index (χ4n) is 5.13. The number of nitrogens with zero attached hydrogens (tertiary/aromatic N) is 2. The van der Waals surface area contributed by atoms with E-state index in [0.29, 0.717) is 6.61 Å². The van der Waals surface area contributed by atoms with Crippen molar-refractivity contribution in [2.75, 3.05) is 26.5 Å². The Labute approximate surface area is 178 Å². The zero-order chi connectivity index (χ0) is 19.8. The third kappa shape index (κ3) is 2.32. The van der Waals surface area contributed by atoms with Gasteiger partial charge in [-0.1, -0.05) is 42.5 Å². The number of ether oxygens (including phenoxy) is 4. The number of epoxide rings is 1. The van der Waals surface area contributed by atoms with Crippen molar-refractivity contribution in [2.24, 2.45) is 0 Å². The Morgan fingerprint density at radius 3 is 2.70 bits per heavy atom. The Morgan fingerprint density at radius 2 is 1.90 bits per heavy atom. The minimum atomic E-state index is -0.884. The smallest absolute Gasteiger partial charge is 0.224 e. The van der Waals surface area contributed by atoms with Gasteiger partial charge in [0.1, 0.15) is 18.0 Å². The second-order valence-corrected chi connectivity index (χ2v) is 9.27. The molecule has 0 amide bonds. The molecule has 4 saturated heterocycles. The molecule has 7 nitrogen and oxygen atoms in total. The SMILES string of the molecule is C1=CSC(C2ON(C3C=Cc4ccccc4O3)C3(C4CO4)OCOC23N2CC2)C=C1. The van der Waals surface area contributed by atoms with Crippen LogP contribution in [0.25, 0.3) is 6.08 Å². The quantitative estimate of drug-likeness (QED) is 0.680. The molecule has 0 N–H and O–H groups in total. The molecule has 0 radical (unpaired) electrons. The van der Waals surface area contributed by atoms with E-state index in [9.17, 15) is 0 Å². The van der Waals surface area contributed by atoms with Crippen LogP contribution in [-0.2, 0) is 19.0 Å². The number of rotatable bonds is 4. The molecule has 0 bridgehead atoms. The van der Waals surface area contributed by atoms with Crippen molar-refractivity contribution < 1.29 is 23.8 Å². The zero-order valence-electron chi connectivity index (χ0n) is 16.3. The van der Waals surface area contributed by atoms with Gasteiger partial charge in [0.2, 0.25) is 11.4 Å². The van der Waals surface area contributed by atoms with Crippen LogP contribution in [0, 0.1) is 0 Å². The highest BCUT2D eigenvalue weighted by atomic mass is 32.2. The van der Waals surface area contributed by atoms with E-state index in [1.165, 1.54) is 0 Å². The van der Waals surface area contributed by atoms with Crippen LogP contribution in [0.4, 0.5) is 0 Å². The first-order valence-electron chi connectivity index (χ1n) is 10.4. The first-order chi connectivity index (χ1) is 14.8. The van der Waals surface area contributed by atoms with Gasteiger partial charge in [-0.25, -0.2) is 0 Å². The standard InChI is InChI=1S/C22H22N2O5S/c1-2-6-16-15(5-1)8-9-19(28-16)24-21(18-13-25-18)22(23-10-11-23,27-14-26-21)20(29-24)17-7-3-4-12-30-17/h1-9,12,17-20H,10-11,13-14H2. The van der Waals surface area contributed by atoms with Gasteiger partial charge in [0.15, 0.2) is 13.0 Å². The van der Waals surface area contributed by atoms with Gasteiger partial charge in [0.05, 0.1) is 11.9 Å². The first-order valence-corrected chi connectivity index (χ1v) is 11.3. The summed E-state index contributed by atoms with van der Waals surface area (Å²) in [4.78, 5) is 9.03. The van der Waals surface area contributed by atoms with E-state index in [1.807, 2.05) is 41.5 Å². The summed E-state index contributed by atoms with van der Waals surface area (Å²) < 4.78 is 25.1. The van der Waals surface area contributed by atoms with E-state index >= 15 is 0 Å². The average Bonchev–Trinajstić information content (AvgIpc) is 3.73. The Hall–Kier alpha value is -1.65. The number of thioether (sulfide) groups is 1. The lowest BCUT2D eigenvalue weighted by Gasteiger charge is -2.42. The summed E-state index contributed by atoms with van der Waals surface area (Å²) in [5, 5.41) is 4.07. The average molecular weight is 426 g/mol. The van der Waals surface area contributed by atoms with Crippen LogP contribution < -0.4 is 4.74 Å². The second-order valence-electron chi connectivity index (χ2n) is 8.18. The van der Waals surface area contributed by atoms with Gasteiger partial charge in [-0.3, -0.25) is 9.74 Å². The third-order valence-electron chi connectivity index (χ3n) is 6.56. The Morgan fingerprint density at radius 1 is 1.03 bits per heavy atom. The minimum absolute atomic E-state index is 0.0975. The molecule has 6 aliphatic heterocycles. The van der Waals surface area contributed by atoms with Gasteiger partial charge >= 0.3 is 0 Å². The lowest BCUT2D eigenvalue weighted by Crippen LogP contribution is -2.68. The molecule has 6 atom stereocenters. The van der Waals surface area contributed by atoms with Crippen LogP contribution in [0.15, 0.2) is 54.0 Å². The van der Waals surface area contributed by atoms with Crippen molar-refractivity contribution in [3.63, 3.8) is 0 Å². The number of allylic oxidation sites excluding steroid dienone is 2. The number of benzene rings is 1. The summed E-state index contributed by atoms with van der Waals surface area (Å²) in [5.74, 6) is 0.829. The maximum Gasteiger partial charge on any atom is 0.224 e. The van der Waals surface area contributed by atoms with Gasteiger partial charge in [0.25, 0.3) is 0 Å². The number of fused-ring (bicyclic) bond motifs is 2. The largest absolute Gasteiger partial charge is 0.469 e. The number of hydrogen-bond acceptors (Lipinski definition) is 8. The van der Waals surface area contributed by atoms with E-state index in [0.717, 1.165) is 24.4 Å². The van der Waals surface area contributed by atoms with Gasteiger partial charge in [-0.2, -0.15) is 0 Å². The summed E-state index contributed by atoms with van der Waals surface area (Å²) in [5.41, 5.74) is -0.571. The van der Waals surface area contributed by atoms with Crippen molar-refractivity contribution in [1.82, 2.24) is 9.96 Å². The van der Waals surface area contributed by atoms with Crippen LogP contribution in [0.1, 0.15) is 5.56 Å². The molecule has 0 aliphatic carbocycles. The lowest BCUT2D eigenvalue weighted by molar-refractivity contribution is -0.306. The van der Waals surface area contributed by atoms with Crippen molar-refractivity contribution in [3.05, 3.63) is 59.5 Å².